The highest BCUT2D eigenvalue weighted by Gasteiger charge is 2.17. The van der Waals surface area contributed by atoms with Crippen LogP contribution in [0.2, 0.25) is 0 Å². The first-order valence-corrected chi connectivity index (χ1v) is 6.59. The van der Waals surface area contributed by atoms with Crippen molar-refractivity contribution in [2.45, 2.75) is 45.6 Å². The SMILES string of the molecule is CCc1ccc(CC2CCC(C)CN2)cc1. The van der Waals surface area contributed by atoms with Crippen molar-refractivity contribution >= 4 is 0 Å². The smallest absolute Gasteiger partial charge is 0.0108 e. The van der Waals surface area contributed by atoms with Gasteiger partial charge in [-0.3, -0.25) is 0 Å². The summed E-state index contributed by atoms with van der Waals surface area (Å²) in [5, 5.41) is 3.65. The number of aryl methyl sites for hydroxylation is 1. The molecular weight excluding hydrogens is 194 g/mol. The normalized spacial score (nSPS) is 25.6. The topological polar surface area (TPSA) is 12.0 Å². The second-order valence-electron chi connectivity index (χ2n) is 5.16. The van der Waals surface area contributed by atoms with Crippen LogP contribution >= 0.6 is 0 Å². The summed E-state index contributed by atoms with van der Waals surface area (Å²) in [7, 11) is 0. The van der Waals surface area contributed by atoms with E-state index in [2.05, 4.69) is 43.4 Å². The molecule has 2 rings (SSSR count). The van der Waals surface area contributed by atoms with Crippen LogP contribution in [0.1, 0.15) is 37.8 Å². The molecule has 2 unspecified atom stereocenters. The summed E-state index contributed by atoms with van der Waals surface area (Å²) >= 11 is 0. The van der Waals surface area contributed by atoms with Crippen molar-refractivity contribution in [2.24, 2.45) is 5.92 Å². The number of nitrogens with one attached hydrogen (secondary N) is 1. The van der Waals surface area contributed by atoms with E-state index in [1.165, 1.54) is 36.9 Å². The van der Waals surface area contributed by atoms with E-state index >= 15 is 0 Å². The Hall–Kier alpha value is -0.820. The summed E-state index contributed by atoms with van der Waals surface area (Å²) in [5.41, 5.74) is 2.92. The molecular formula is C15H23N. The number of hydrogen-bond donors (Lipinski definition) is 1. The maximum Gasteiger partial charge on any atom is 0.0108 e. The van der Waals surface area contributed by atoms with Gasteiger partial charge in [0.2, 0.25) is 0 Å². The maximum atomic E-state index is 3.65. The van der Waals surface area contributed by atoms with Crippen molar-refractivity contribution in [3.63, 3.8) is 0 Å². The highest BCUT2D eigenvalue weighted by molar-refractivity contribution is 5.23. The Bertz CT molecular complexity index is 307. The van der Waals surface area contributed by atoms with Crippen LogP contribution in [0, 0.1) is 5.92 Å². The Balaban J connectivity index is 1.88. The minimum Gasteiger partial charge on any atom is -0.313 e. The van der Waals surface area contributed by atoms with Crippen molar-refractivity contribution in [3.05, 3.63) is 35.4 Å². The molecule has 0 aromatic heterocycles. The van der Waals surface area contributed by atoms with Gasteiger partial charge in [0.15, 0.2) is 0 Å². The average Bonchev–Trinajstić information content (AvgIpc) is 2.33. The molecule has 1 nitrogen and oxygen atoms in total. The maximum absolute atomic E-state index is 3.65. The fraction of sp³-hybridized carbons (Fsp3) is 0.600. The first kappa shape index (κ1) is 11.7. The molecule has 1 aromatic rings. The van der Waals surface area contributed by atoms with E-state index in [1.54, 1.807) is 0 Å². The summed E-state index contributed by atoms with van der Waals surface area (Å²) in [6.45, 7) is 5.73. The van der Waals surface area contributed by atoms with E-state index in [9.17, 15) is 0 Å². The molecule has 0 amide bonds. The van der Waals surface area contributed by atoms with Gasteiger partial charge in [0.05, 0.1) is 0 Å². The van der Waals surface area contributed by atoms with Gasteiger partial charge in [-0.15, -0.1) is 0 Å². The molecule has 16 heavy (non-hydrogen) atoms. The standard InChI is InChI=1S/C15H23N/c1-3-13-5-7-14(8-6-13)10-15-9-4-12(2)11-16-15/h5-8,12,15-16H,3-4,9-11H2,1-2H3. The third kappa shape index (κ3) is 3.08. The third-order valence-corrected chi connectivity index (χ3v) is 3.68. The Morgan fingerprint density at radius 2 is 1.81 bits per heavy atom. The summed E-state index contributed by atoms with van der Waals surface area (Å²) in [6, 6.07) is 9.81. The molecule has 0 aliphatic carbocycles. The molecule has 1 heteroatoms. The first-order valence-electron chi connectivity index (χ1n) is 6.59. The lowest BCUT2D eigenvalue weighted by Crippen LogP contribution is -2.39. The van der Waals surface area contributed by atoms with Crippen LogP contribution in [0.15, 0.2) is 24.3 Å². The van der Waals surface area contributed by atoms with Gasteiger partial charge >= 0.3 is 0 Å². The van der Waals surface area contributed by atoms with Crippen molar-refractivity contribution in [1.29, 1.82) is 0 Å². The average molecular weight is 217 g/mol. The van der Waals surface area contributed by atoms with E-state index in [4.69, 9.17) is 0 Å². The summed E-state index contributed by atoms with van der Waals surface area (Å²) < 4.78 is 0. The van der Waals surface area contributed by atoms with E-state index in [-0.39, 0.29) is 0 Å². The van der Waals surface area contributed by atoms with Crippen LogP contribution in [0.5, 0.6) is 0 Å². The van der Waals surface area contributed by atoms with E-state index in [0.717, 1.165) is 12.3 Å². The number of benzene rings is 1. The monoisotopic (exact) mass is 217 g/mol. The number of piperidine rings is 1. The van der Waals surface area contributed by atoms with Crippen LogP contribution < -0.4 is 5.32 Å². The van der Waals surface area contributed by atoms with Gasteiger partial charge in [-0.2, -0.15) is 0 Å². The first-order chi connectivity index (χ1) is 7.78. The summed E-state index contributed by atoms with van der Waals surface area (Å²) in [5.74, 6) is 0.860. The second kappa shape index (κ2) is 5.49. The molecule has 1 aliphatic heterocycles. The molecule has 0 saturated carbocycles. The minimum absolute atomic E-state index is 0.698. The zero-order valence-corrected chi connectivity index (χ0v) is 10.5. The Morgan fingerprint density at radius 1 is 1.12 bits per heavy atom. The van der Waals surface area contributed by atoms with Crippen molar-refractivity contribution in [2.75, 3.05) is 6.54 Å². The van der Waals surface area contributed by atoms with Gasteiger partial charge in [0.25, 0.3) is 0 Å². The molecule has 0 bridgehead atoms. The zero-order valence-electron chi connectivity index (χ0n) is 10.5. The third-order valence-electron chi connectivity index (χ3n) is 3.68. The van der Waals surface area contributed by atoms with Crippen molar-refractivity contribution in [1.82, 2.24) is 5.32 Å². The van der Waals surface area contributed by atoms with E-state index < -0.39 is 0 Å². The Morgan fingerprint density at radius 3 is 2.38 bits per heavy atom. The van der Waals surface area contributed by atoms with Gasteiger partial charge in [0, 0.05) is 6.04 Å². The fourth-order valence-electron chi connectivity index (χ4n) is 2.43. The largest absolute Gasteiger partial charge is 0.313 e. The van der Waals surface area contributed by atoms with Gasteiger partial charge in [0.1, 0.15) is 0 Å². The quantitative estimate of drug-likeness (QED) is 0.820. The van der Waals surface area contributed by atoms with Gasteiger partial charge in [-0.25, -0.2) is 0 Å². The molecule has 1 N–H and O–H groups in total. The zero-order chi connectivity index (χ0) is 11.4. The molecule has 0 radical (unpaired) electrons. The van der Waals surface area contributed by atoms with Crippen molar-refractivity contribution in [3.8, 4) is 0 Å². The Labute approximate surface area is 99.3 Å². The number of rotatable bonds is 3. The second-order valence-corrected chi connectivity index (χ2v) is 5.16. The molecule has 1 fully saturated rings. The summed E-state index contributed by atoms with van der Waals surface area (Å²) in [6.07, 6.45) is 5.04. The van der Waals surface area contributed by atoms with E-state index in [1.807, 2.05) is 0 Å². The predicted molar refractivity (Wildman–Crippen MR) is 69.7 cm³/mol. The Kier molecular flexibility index (Phi) is 4.00. The number of hydrogen-bond acceptors (Lipinski definition) is 1. The molecule has 1 saturated heterocycles. The van der Waals surface area contributed by atoms with E-state index in [0.29, 0.717) is 6.04 Å². The van der Waals surface area contributed by atoms with Crippen LogP contribution in [0.4, 0.5) is 0 Å². The highest BCUT2D eigenvalue weighted by Crippen LogP contribution is 2.17. The molecule has 88 valence electrons. The van der Waals surface area contributed by atoms with Gasteiger partial charge in [-0.1, -0.05) is 38.1 Å². The highest BCUT2D eigenvalue weighted by atomic mass is 14.9. The predicted octanol–water partition coefficient (Wildman–Crippen LogP) is 3.18. The summed E-state index contributed by atoms with van der Waals surface area (Å²) in [4.78, 5) is 0. The van der Waals surface area contributed by atoms with Crippen LogP contribution in [0.25, 0.3) is 0 Å². The van der Waals surface area contributed by atoms with Crippen molar-refractivity contribution < 1.29 is 0 Å². The van der Waals surface area contributed by atoms with Crippen LogP contribution in [-0.2, 0) is 12.8 Å². The van der Waals surface area contributed by atoms with Crippen LogP contribution in [-0.4, -0.2) is 12.6 Å². The molecule has 1 aliphatic rings. The lowest BCUT2D eigenvalue weighted by atomic mass is 9.92. The molecule has 0 spiro atoms. The minimum atomic E-state index is 0.698. The molecule has 1 aromatic carbocycles. The lowest BCUT2D eigenvalue weighted by Gasteiger charge is -2.27. The molecule has 1 heterocycles. The van der Waals surface area contributed by atoms with Crippen LogP contribution in [0.3, 0.4) is 0 Å². The fourth-order valence-corrected chi connectivity index (χ4v) is 2.43. The van der Waals surface area contributed by atoms with Gasteiger partial charge in [-0.05, 0) is 49.3 Å². The lowest BCUT2D eigenvalue weighted by molar-refractivity contribution is 0.326. The van der Waals surface area contributed by atoms with Gasteiger partial charge < -0.3 is 5.32 Å². The molecule has 2 atom stereocenters.